The Morgan fingerprint density at radius 1 is 1.00 bits per heavy atom. The van der Waals surface area contributed by atoms with Gasteiger partial charge < -0.3 is 9.47 Å². The second kappa shape index (κ2) is 9.30. The highest BCUT2D eigenvalue weighted by atomic mass is 16.5. The van der Waals surface area contributed by atoms with Crippen molar-refractivity contribution in [1.82, 2.24) is 29.8 Å². The van der Waals surface area contributed by atoms with Crippen molar-refractivity contribution < 1.29 is 9.47 Å². The normalized spacial score (nSPS) is 14.5. The number of rotatable bonds is 7. The van der Waals surface area contributed by atoms with Gasteiger partial charge in [0.05, 0.1) is 26.1 Å². The van der Waals surface area contributed by atoms with Gasteiger partial charge in [-0.15, -0.1) is 15.3 Å². The predicted octanol–water partition coefficient (Wildman–Crippen LogP) is 4.14. The number of ether oxygens (including phenoxy) is 2. The van der Waals surface area contributed by atoms with Crippen molar-refractivity contribution in [1.29, 1.82) is 0 Å². The minimum atomic E-state index is 0.520. The molecule has 8 nitrogen and oxygen atoms in total. The molecule has 1 aliphatic carbocycles. The molecule has 1 aromatic carbocycles. The third kappa shape index (κ3) is 4.54. The van der Waals surface area contributed by atoms with Crippen LogP contribution in [0.4, 0.5) is 0 Å². The van der Waals surface area contributed by atoms with Crippen molar-refractivity contribution in [2.45, 2.75) is 38.5 Å². The second-order valence-corrected chi connectivity index (χ2v) is 8.20. The molecule has 3 aromatic heterocycles. The molecule has 5 rings (SSSR count). The number of fused-ring (bicyclic) bond motifs is 1. The molecule has 8 heteroatoms. The van der Waals surface area contributed by atoms with Gasteiger partial charge in [-0.1, -0.05) is 37.5 Å². The average molecular weight is 431 g/mol. The van der Waals surface area contributed by atoms with Crippen LogP contribution in [-0.4, -0.2) is 43.5 Å². The summed E-state index contributed by atoms with van der Waals surface area (Å²) in [6.45, 7) is 0.753. The van der Waals surface area contributed by atoms with Crippen molar-refractivity contribution in [2.24, 2.45) is 5.92 Å². The molecule has 0 aliphatic heterocycles. The van der Waals surface area contributed by atoms with Gasteiger partial charge in [0.25, 0.3) is 0 Å². The van der Waals surface area contributed by atoms with Gasteiger partial charge in [-0.2, -0.15) is 4.52 Å². The topological polar surface area (TPSA) is 87.3 Å². The van der Waals surface area contributed by atoms with Crippen LogP contribution in [0.25, 0.3) is 17.0 Å². The highest BCUT2D eigenvalue weighted by molar-refractivity contribution is 5.56. The molecule has 0 atom stereocenters. The van der Waals surface area contributed by atoms with Crippen molar-refractivity contribution in [3.8, 4) is 23.0 Å². The molecule has 0 radical (unpaired) electrons. The lowest BCUT2D eigenvalue weighted by molar-refractivity contribution is 0.207. The largest absolute Gasteiger partial charge is 0.490 e. The quantitative estimate of drug-likeness (QED) is 0.435. The van der Waals surface area contributed by atoms with Gasteiger partial charge in [-0.05, 0) is 36.5 Å². The Morgan fingerprint density at radius 3 is 2.66 bits per heavy atom. The lowest BCUT2D eigenvalue weighted by Crippen LogP contribution is -2.15. The van der Waals surface area contributed by atoms with Crippen LogP contribution in [0.3, 0.4) is 0 Å². The minimum absolute atomic E-state index is 0.520. The van der Waals surface area contributed by atoms with E-state index in [4.69, 9.17) is 9.47 Å². The summed E-state index contributed by atoms with van der Waals surface area (Å²) in [6.07, 6.45) is 10.6. The van der Waals surface area contributed by atoms with Crippen molar-refractivity contribution in [2.75, 3.05) is 13.7 Å². The van der Waals surface area contributed by atoms with Crippen LogP contribution in [0.5, 0.6) is 11.6 Å². The highest BCUT2D eigenvalue weighted by Crippen LogP contribution is 2.25. The van der Waals surface area contributed by atoms with Crippen LogP contribution < -0.4 is 9.47 Å². The highest BCUT2D eigenvalue weighted by Gasteiger charge is 2.14. The van der Waals surface area contributed by atoms with E-state index in [0.29, 0.717) is 29.7 Å². The molecule has 0 bridgehead atoms. The maximum Gasteiger partial charge on any atom is 0.231 e. The van der Waals surface area contributed by atoms with E-state index < -0.39 is 0 Å². The second-order valence-electron chi connectivity index (χ2n) is 8.20. The fourth-order valence-electron chi connectivity index (χ4n) is 4.15. The van der Waals surface area contributed by atoms with Gasteiger partial charge in [0, 0.05) is 18.1 Å². The van der Waals surface area contributed by atoms with E-state index in [9.17, 15) is 0 Å². The van der Waals surface area contributed by atoms with E-state index in [0.717, 1.165) is 29.3 Å². The first-order valence-corrected chi connectivity index (χ1v) is 11.1. The van der Waals surface area contributed by atoms with Gasteiger partial charge in [0.15, 0.2) is 23.0 Å². The summed E-state index contributed by atoms with van der Waals surface area (Å²) in [7, 11) is 1.59. The molecule has 32 heavy (non-hydrogen) atoms. The van der Waals surface area contributed by atoms with Crippen LogP contribution in [0.2, 0.25) is 0 Å². The summed E-state index contributed by atoms with van der Waals surface area (Å²) in [5.74, 6) is 3.31. The number of aromatic nitrogens is 6. The first kappa shape index (κ1) is 20.4. The Labute approximate surface area is 186 Å². The van der Waals surface area contributed by atoms with E-state index in [-0.39, 0.29) is 0 Å². The van der Waals surface area contributed by atoms with E-state index >= 15 is 0 Å². The molecule has 3 heterocycles. The summed E-state index contributed by atoms with van der Waals surface area (Å²) in [5, 5.41) is 12.9. The standard InChI is InChI=1S/C24H26N6O2/c1-31-23-11-10-21-27-28-22(30(21)29-23)13-18-8-5-9-19(12-18)24-25-14-20(15-26-24)32-16-17-6-3-2-4-7-17/h5,8-12,14-15,17H,2-4,6-7,13,16H2,1H3. The van der Waals surface area contributed by atoms with Crippen molar-refractivity contribution in [3.05, 3.63) is 60.2 Å². The van der Waals surface area contributed by atoms with Gasteiger partial charge >= 0.3 is 0 Å². The first-order chi connectivity index (χ1) is 15.8. The van der Waals surface area contributed by atoms with Gasteiger partial charge in [-0.25, -0.2) is 9.97 Å². The molecule has 1 fully saturated rings. The molecule has 164 valence electrons. The van der Waals surface area contributed by atoms with Crippen LogP contribution in [0.1, 0.15) is 43.5 Å². The van der Waals surface area contributed by atoms with Crippen LogP contribution in [0.15, 0.2) is 48.8 Å². The lowest BCUT2D eigenvalue weighted by Gasteiger charge is -2.21. The predicted molar refractivity (Wildman–Crippen MR) is 120 cm³/mol. The molecule has 1 saturated carbocycles. The van der Waals surface area contributed by atoms with Crippen molar-refractivity contribution >= 4 is 5.65 Å². The number of hydrogen-bond donors (Lipinski definition) is 0. The number of hydrogen-bond acceptors (Lipinski definition) is 7. The summed E-state index contributed by atoms with van der Waals surface area (Å²) < 4.78 is 12.9. The molecule has 1 aliphatic rings. The third-order valence-electron chi connectivity index (χ3n) is 5.90. The monoisotopic (exact) mass is 430 g/mol. The van der Waals surface area contributed by atoms with E-state index in [1.54, 1.807) is 30.1 Å². The number of methoxy groups -OCH3 is 1. The molecular formula is C24H26N6O2. The Hall–Kier alpha value is -3.55. The Morgan fingerprint density at radius 2 is 1.84 bits per heavy atom. The minimum Gasteiger partial charge on any atom is -0.490 e. The van der Waals surface area contributed by atoms with Crippen LogP contribution >= 0.6 is 0 Å². The molecule has 0 spiro atoms. The smallest absolute Gasteiger partial charge is 0.231 e. The van der Waals surface area contributed by atoms with Gasteiger partial charge in [-0.3, -0.25) is 0 Å². The van der Waals surface area contributed by atoms with Crippen LogP contribution in [0, 0.1) is 5.92 Å². The van der Waals surface area contributed by atoms with E-state index in [2.05, 4.69) is 31.3 Å². The average Bonchev–Trinajstić information content (AvgIpc) is 3.25. The van der Waals surface area contributed by atoms with Crippen molar-refractivity contribution in [3.63, 3.8) is 0 Å². The molecule has 0 amide bonds. The molecule has 4 aromatic rings. The maximum atomic E-state index is 5.93. The zero-order chi connectivity index (χ0) is 21.8. The molecule has 0 saturated heterocycles. The SMILES string of the molecule is COc1ccc2nnc(Cc3cccc(-c4ncc(OCC5CCCCC5)cn4)c3)n2n1. The zero-order valence-electron chi connectivity index (χ0n) is 18.1. The fourth-order valence-corrected chi connectivity index (χ4v) is 4.15. The van der Waals surface area contributed by atoms with E-state index in [1.807, 2.05) is 24.3 Å². The van der Waals surface area contributed by atoms with Gasteiger partial charge in [0.1, 0.15) is 0 Å². The fraction of sp³-hybridized carbons (Fsp3) is 0.375. The first-order valence-electron chi connectivity index (χ1n) is 11.1. The van der Waals surface area contributed by atoms with Gasteiger partial charge in [0.2, 0.25) is 5.88 Å². The summed E-state index contributed by atoms with van der Waals surface area (Å²) in [6, 6.07) is 11.7. The Bertz CT molecular complexity index is 1180. The Kier molecular flexibility index (Phi) is 5.91. The number of nitrogens with zero attached hydrogens (tertiary/aromatic N) is 6. The Balaban J connectivity index is 1.28. The van der Waals surface area contributed by atoms with E-state index in [1.165, 1.54) is 32.1 Å². The zero-order valence-corrected chi connectivity index (χ0v) is 18.1. The molecule has 0 N–H and O–H groups in total. The summed E-state index contributed by atoms with van der Waals surface area (Å²) in [4.78, 5) is 9.05. The molecular weight excluding hydrogens is 404 g/mol. The van der Waals surface area contributed by atoms with Crippen LogP contribution in [-0.2, 0) is 6.42 Å². The maximum absolute atomic E-state index is 5.93. The lowest BCUT2D eigenvalue weighted by atomic mass is 9.90. The summed E-state index contributed by atoms with van der Waals surface area (Å²) in [5.41, 5.74) is 2.70. The third-order valence-corrected chi connectivity index (χ3v) is 5.90. The molecule has 0 unspecified atom stereocenters. The summed E-state index contributed by atoms with van der Waals surface area (Å²) >= 11 is 0. The number of benzene rings is 1.